The van der Waals surface area contributed by atoms with Crippen LogP contribution in [0.1, 0.15) is 30.1 Å². The Balaban J connectivity index is 1.67. The molecule has 0 spiro atoms. The molecule has 1 fully saturated rings. The van der Waals surface area contributed by atoms with E-state index in [1.165, 1.54) is 5.56 Å². The van der Waals surface area contributed by atoms with Crippen LogP contribution in [0.4, 0.5) is 0 Å². The van der Waals surface area contributed by atoms with Gasteiger partial charge in [-0.2, -0.15) is 0 Å². The number of aromatic nitrogens is 3. The summed E-state index contributed by atoms with van der Waals surface area (Å²) < 4.78 is 13.6. The van der Waals surface area contributed by atoms with E-state index in [2.05, 4.69) is 11.2 Å². The second-order valence-corrected chi connectivity index (χ2v) is 8.84. The highest BCUT2D eigenvalue weighted by atomic mass is 32.1. The molecule has 0 radical (unpaired) electrons. The SMILES string of the molecule is COc1ccc(-c2nc3sc4ccccc4c3c(=O)n2Cc2ccno2)c(C2CC2)c1. The Hall–Kier alpha value is -3.45. The van der Waals surface area contributed by atoms with E-state index < -0.39 is 0 Å². The molecule has 31 heavy (non-hydrogen) atoms. The zero-order chi connectivity index (χ0) is 20.9. The third kappa shape index (κ3) is 3.04. The topological polar surface area (TPSA) is 70.2 Å². The summed E-state index contributed by atoms with van der Waals surface area (Å²) in [7, 11) is 1.67. The molecule has 0 N–H and O–H groups in total. The molecule has 0 aliphatic heterocycles. The van der Waals surface area contributed by atoms with E-state index in [1.54, 1.807) is 35.3 Å². The first-order chi connectivity index (χ1) is 15.2. The lowest BCUT2D eigenvalue weighted by Gasteiger charge is -2.15. The number of hydrogen-bond acceptors (Lipinski definition) is 6. The third-order valence-electron chi connectivity index (χ3n) is 5.82. The van der Waals surface area contributed by atoms with E-state index in [9.17, 15) is 4.79 Å². The van der Waals surface area contributed by atoms with Crippen LogP contribution in [0.5, 0.6) is 5.75 Å². The molecular formula is C24H19N3O3S. The Bertz CT molecular complexity index is 1480. The number of fused-ring (bicyclic) bond motifs is 3. The second kappa shape index (κ2) is 7.06. The molecule has 0 atom stereocenters. The molecule has 2 aromatic carbocycles. The van der Waals surface area contributed by atoms with Gasteiger partial charge in [-0.05, 0) is 48.6 Å². The first kappa shape index (κ1) is 18.3. The highest BCUT2D eigenvalue weighted by Crippen LogP contribution is 2.45. The van der Waals surface area contributed by atoms with Crippen LogP contribution in [0.15, 0.2) is 64.0 Å². The van der Waals surface area contributed by atoms with E-state index in [1.807, 2.05) is 36.4 Å². The van der Waals surface area contributed by atoms with Crippen LogP contribution < -0.4 is 10.3 Å². The summed E-state index contributed by atoms with van der Waals surface area (Å²) in [6.45, 7) is 0.275. The lowest BCUT2D eigenvalue weighted by Crippen LogP contribution is -2.24. The number of hydrogen-bond donors (Lipinski definition) is 0. The average molecular weight is 430 g/mol. The fourth-order valence-corrected chi connectivity index (χ4v) is 5.21. The molecule has 6 nitrogen and oxygen atoms in total. The van der Waals surface area contributed by atoms with Crippen LogP contribution in [0.3, 0.4) is 0 Å². The number of methoxy groups -OCH3 is 1. The molecular weight excluding hydrogens is 410 g/mol. The van der Waals surface area contributed by atoms with Gasteiger partial charge in [0.15, 0.2) is 5.76 Å². The van der Waals surface area contributed by atoms with Crippen molar-refractivity contribution in [1.82, 2.24) is 14.7 Å². The normalized spacial score (nSPS) is 13.8. The van der Waals surface area contributed by atoms with E-state index in [-0.39, 0.29) is 12.1 Å². The van der Waals surface area contributed by atoms with E-state index in [0.29, 0.717) is 22.9 Å². The zero-order valence-corrected chi connectivity index (χ0v) is 17.7. The van der Waals surface area contributed by atoms with Crippen LogP contribution in [0, 0.1) is 0 Å². The molecule has 6 rings (SSSR count). The van der Waals surface area contributed by atoms with Gasteiger partial charge in [0, 0.05) is 21.7 Å². The van der Waals surface area contributed by atoms with Gasteiger partial charge < -0.3 is 9.26 Å². The van der Waals surface area contributed by atoms with Crippen molar-refractivity contribution in [3.05, 3.63) is 76.4 Å². The summed E-state index contributed by atoms with van der Waals surface area (Å²) in [4.78, 5) is 19.6. The van der Waals surface area contributed by atoms with Gasteiger partial charge in [-0.25, -0.2) is 4.98 Å². The van der Waals surface area contributed by atoms with Crippen LogP contribution in [-0.2, 0) is 6.54 Å². The molecule has 7 heteroatoms. The molecule has 0 amide bonds. The highest BCUT2D eigenvalue weighted by Gasteiger charge is 2.29. The third-order valence-corrected chi connectivity index (χ3v) is 6.89. The number of ether oxygens (including phenoxy) is 1. The summed E-state index contributed by atoms with van der Waals surface area (Å²) in [5.74, 6) is 2.56. The average Bonchev–Trinajstić information content (AvgIpc) is 3.38. The Morgan fingerprint density at radius 3 is 2.84 bits per heavy atom. The maximum atomic E-state index is 13.8. The van der Waals surface area contributed by atoms with Crippen LogP contribution >= 0.6 is 11.3 Å². The van der Waals surface area contributed by atoms with Crippen LogP contribution in [0.2, 0.25) is 0 Å². The number of benzene rings is 2. The van der Waals surface area contributed by atoms with Crippen molar-refractivity contribution in [2.45, 2.75) is 25.3 Å². The van der Waals surface area contributed by atoms with Crippen molar-refractivity contribution in [2.75, 3.05) is 7.11 Å². The highest BCUT2D eigenvalue weighted by molar-refractivity contribution is 7.25. The van der Waals surface area contributed by atoms with Crippen molar-refractivity contribution in [2.24, 2.45) is 0 Å². The van der Waals surface area contributed by atoms with E-state index in [0.717, 1.165) is 39.1 Å². The quantitative estimate of drug-likeness (QED) is 0.384. The molecule has 1 aliphatic rings. The van der Waals surface area contributed by atoms with E-state index >= 15 is 0 Å². The molecule has 3 aromatic heterocycles. The Morgan fingerprint density at radius 2 is 2.06 bits per heavy atom. The predicted molar refractivity (Wildman–Crippen MR) is 121 cm³/mol. The van der Waals surface area contributed by atoms with E-state index in [4.69, 9.17) is 14.2 Å². The smallest absolute Gasteiger partial charge is 0.263 e. The van der Waals surface area contributed by atoms with Gasteiger partial charge >= 0.3 is 0 Å². The van der Waals surface area contributed by atoms with Gasteiger partial charge in [0.05, 0.1) is 25.2 Å². The first-order valence-electron chi connectivity index (χ1n) is 10.2. The first-order valence-corrected chi connectivity index (χ1v) is 11.0. The van der Waals surface area contributed by atoms with Crippen LogP contribution in [0.25, 0.3) is 31.7 Å². The van der Waals surface area contributed by atoms with Gasteiger partial charge in [0.25, 0.3) is 5.56 Å². The summed E-state index contributed by atoms with van der Waals surface area (Å²) in [5, 5.41) is 5.40. The molecule has 1 saturated carbocycles. The summed E-state index contributed by atoms with van der Waals surface area (Å²) >= 11 is 1.55. The largest absolute Gasteiger partial charge is 0.497 e. The fourth-order valence-electron chi connectivity index (χ4n) is 4.14. The summed E-state index contributed by atoms with van der Waals surface area (Å²) in [6.07, 6.45) is 3.87. The number of nitrogens with zero attached hydrogens (tertiary/aromatic N) is 3. The Labute approximate surface area is 181 Å². The monoisotopic (exact) mass is 429 g/mol. The molecule has 1 aliphatic carbocycles. The molecule has 154 valence electrons. The molecule has 0 unspecified atom stereocenters. The fraction of sp³-hybridized carbons (Fsp3) is 0.208. The molecule has 5 aromatic rings. The van der Waals surface area contributed by atoms with Crippen molar-refractivity contribution in [3.63, 3.8) is 0 Å². The summed E-state index contributed by atoms with van der Waals surface area (Å²) in [6, 6.07) is 15.8. The minimum absolute atomic E-state index is 0.0635. The maximum Gasteiger partial charge on any atom is 0.263 e. The molecule has 0 bridgehead atoms. The molecule has 0 saturated heterocycles. The predicted octanol–water partition coefficient (Wildman–Crippen LogP) is 5.20. The standard InChI is InChI=1S/C24H19N3O3S/c1-29-15-8-9-17(19(12-15)14-6-7-14)22-26-23-21(18-4-2-3-5-20(18)31-23)24(28)27(22)13-16-10-11-25-30-16/h2-5,8-12,14H,6-7,13H2,1H3. The van der Waals surface area contributed by atoms with Gasteiger partial charge in [-0.3, -0.25) is 9.36 Å². The zero-order valence-electron chi connectivity index (χ0n) is 16.9. The minimum atomic E-state index is -0.0635. The number of rotatable bonds is 5. The lowest BCUT2D eigenvalue weighted by molar-refractivity contribution is 0.375. The van der Waals surface area contributed by atoms with Crippen LogP contribution in [-0.4, -0.2) is 21.8 Å². The Morgan fingerprint density at radius 1 is 1.19 bits per heavy atom. The maximum absolute atomic E-state index is 13.8. The Kier molecular flexibility index (Phi) is 4.17. The van der Waals surface area contributed by atoms with Crippen molar-refractivity contribution >= 4 is 31.6 Å². The van der Waals surface area contributed by atoms with Gasteiger partial charge in [0.1, 0.15) is 16.4 Å². The van der Waals surface area contributed by atoms with Gasteiger partial charge in [-0.15, -0.1) is 11.3 Å². The van der Waals surface area contributed by atoms with Crippen molar-refractivity contribution in [3.8, 4) is 17.1 Å². The van der Waals surface area contributed by atoms with Crippen molar-refractivity contribution < 1.29 is 9.26 Å². The minimum Gasteiger partial charge on any atom is -0.497 e. The van der Waals surface area contributed by atoms with Gasteiger partial charge in [0.2, 0.25) is 0 Å². The lowest BCUT2D eigenvalue weighted by atomic mass is 10.0. The molecule has 3 heterocycles. The second-order valence-electron chi connectivity index (χ2n) is 7.81. The number of thiophene rings is 1. The van der Waals surface area contributed by atoms with Gasteiger partial charge in [-0.1, -0.05) is 23.4 Å². The van der Waals surface area contributed by atoms with Crippen molar-refractivity contribution in [1.29, 1.82) is 0 Å². The summed E-state index contributed by atoms with van der Waals surface area (Å²) in [5.41, 5.74) is 2.09.